The van der Waals surface area contributed by atoms with Crippen molar-refractivity contribution < 1.29 is 14.3 Å². The highest BCUT2D eigenvalue weighted by atomic mass is 16.5. The minimum atomic E-state index is -0.525. The first-order valence-electron chi connectivity index (χ1n) is 6.77. The highest BCUT2D eigenvalue weighted by Crippen LogP contribution is 2.14. The molecule has 0 saturated heterocycles. The first-order valence-corrected chi connectivity index (χ1v) is 6.77. The summed E-state index contributed by atoms with van der Waals surface area (Å²) in [5.74, 6) is -0.707. The van der Waals surface area contributed by atoms with E-state index in [-0.39, 0.29) is 11.6 Å². The maximum Gasteiger partial charge on any atom is 0.356 e. The number of carbonyl (C=O) groups is 2. The Hall–Kier alpha value is -3.22. The maximum atomic E-state index is 11.4. The third-order valence-corrected chi connectivity index (χ3v) is 2.92. The minimum Gasteiger partial charge on any atom is -0.464 e. The first-order chi connectivity index (χ1) is 11.0. The number of nitrogens with one attached hydrogen (secondary N) is 3. The normalized spacial score (nSPS) is 15.1. The maximum absolute atomic E-state index is 11.4. The summed E-state index contributed by atoms with van der Waals surface area (Å²) in [5, 5.41) is 13.5. The second-order valence-corrected chi connectivity index (χ2v) is 4.69. The van der Waals surface area contributed by atoms with Crippen molar-refractivity contribution in [3.8, 4) is 0 Å². The van der Waals surface area contributed by atoms with E-state index in [9.17, 15) is 9.59 Å². The number of carbonyl (C=O) groups excluding carboxylic acids is 2. The van der Waals surface area contributed by atoms with Crippen molar-refractivity contribution in [2.45, 2.75) is 6.92 Å². The number of methoxy groups -OCH3 is 1. The van der Waals surface area contributed by atoms with Crippen LogP contribution in [0.25, 0.3) is 0 Å². The molecular weight excluding hydrogens is 296 g/mol. The standard InChI is InChI=1S/C16H16N4O3/c1-10(21)20-13-3-4-14(17)11(7-13)9-19-12-5-6-18-15(8-12)16(22)23-2/h3-9,17H,1-2H3,(H,18,19)(H,20,21)/b11-9-,17-14?. The first kappa shape index (κ1) is 16.2. The van der Waals surface area contributed by atoms with Crippen LogP contribution in [-0.2, 0) is 9.53 Å². The molecule has 0 aliphatic heterocycles. The quantitative estimate of drug-likeness (QED) is 0.735. The lowest BCUT2D eigenvalue weighted by atomic mass is 10.0. The number of aromatic nitrogens is 1. The van der Waals surface area contributed by atoms with E-state index in [0.29, 0.717) is 22.7 Å². The fourth-order valence-electron chi connectivity index (χ4n) is 1.86. The van der Waals surface area contributed by atoms with Crippen molar-refractivity contribution in [2.75, 3.05) is 12.4 Å². The molecule has 0 spiro atoms. The molecule has 23 heavy (non-hydrogen) atoms. The zero-order chi connectivity index (χ0) is 16.8. The van der Waals surface area contributed by atoms with Crippen LogP contribution in [-0.4, -0.2) is 29.7 Å². The van der Waals surface area contributed by atoms with Crippen molar-refractivity contribution in [3.63, 3.8) is 0 Å². The fourth-order valence-corrected chi connectivity index (χ4v) is 1.86. The average molecular weight is 312 g/mol. The Bertz CT molecular complexity index is 747. The van der Waals surface area contributed by atoms with Gasteiger partial charge in [-0.2, -0.15) is 0 Å². The molecule has 118 valence electrons. The molecular formula is C16H16N4O3. The van der Waals surface area contributed by atoms with Crippen LogP contribution in [0.15, 0.2) is 54.0 Å². The van der Waals surface area contributed by atoms with Crippen molar-refractivity contribution in [2.24, 2.45) is 0 Å². The van der Waals surface area contributed by atoms with Gasteiger partial charge in [-0.1, -0.05) is 0 Å². The van der Waals surface area contributed by atoms with E-state index in [1.165, 1.54) is 20.2 Å². The number of rotatable bonds is 4. The Kier molecular flexibility index (Phi) is 5.03. The number of allylic oxidation sites excluding steroid dienone is 4. The monoisotopic (exact) mass is 312 g/mol. The Balaban J connectivity index is 2.17. The summed E-state index contributed by atoms with van der Waals surface area (Å²) >= 11 is 0. The molecule has 0 atom stereocenters. The van der Waals surface area contributed by atoms with Gasteiger partial charge < -0.3 is 20.8 Å². The highest BCUT2D eigenvalue weighted by Gasteiger charge is 2.09. The number of amides is 1. The highest BCUT2D eigenvalue weighted by molar-refractivity contribution is 6.10. The van der Waals surface area contributed by atoms with Gasteiger partial charge in [0.1, 0.15) is 5.69 Å². The van der Waals surface area contributed by atoms with Gasteiger partial charge >= 0.3 is 5.97 Å². The molecule has 0 radical (unpaired) electrons. The lowest BCUT2D eigenvalue weighted by Crippen LogP contribution is -2.20. The Morgan fingerprint density at radius 2 is 2.13 bits per heavy atom. The Morgan fingerprint density at radius 3 is 2.83 bits per heavy atom. The molecule has 7 heteroatoms. The fraction of sp³-hybridized carbons (Fsp3) is 0.125. The summed E-state index contributed by atoms with van der Waals surface area (Å²) in [5.41, 5.74) is 2.31. The number of hydrogen-bond acceptors (Lipinski definition) is 6. The van der Waals surface area contributed by atoms with E-state index in [2.05, 4.69) is 20.4 Å². The molecule has 3 N–H and O–H groups in total. The summed E-state index contributed by atoms with van der Waals surface area (Å²) in [6.45, 7) is 1.42. The lowest BCUT2D eigenvalue weighted by Gasteiger charge is -2.11. The minimum absolute atomic E-state index is 0.182. The van der Waals surface area contributed by atoms with Crippen LogP contribution in [0.1, 0.15) is 17.4 Å². The van der Waals surface area contributed by atoms with Gasteiger partial charge in [0.2, 0.25) is 5.91 Å². The molecule has 1 aliphatic carbocycles. The molecule has 0 fully saturated rings. The van der Waals surface area contributed by atoms with Gasteiger partial charge in [0.25, 0.3) is 0 Å². The number of anilines is 1. The van der Waals surface area contributed by atoms with Crippen LogP contribution in [0.2, 0.25) is 0 Å². The summed E-state index contributed by atoms with van der Waals surface area (Å²) in [6.07, 6.45) is 8.02. The predicted octanol–water partition coefficient (Wildman–Crippen LogP) is 1.77. The summed E-state index contributed by atoms with van der Waals surface area (Å²) in [7, 11) is 1.29. The van der Waals surface area contributed by atoms with Crippen LogP contribution in [0.4, 0.5) is 5.69 Å². The molecule has 1 heterocycles. The van der Waals surface area contributed by atoms with Crippen molar-refractivity contribution in [1.29, 1.82) is 5.41 Å². The van der Waals surface area contributed by atoms with Crippen LogP contribution >= 0.6 is 0 Å². The predicted molar refractivity (Wildman–Crippen MR) is 86.0 cm³/mol. The molecule has 2 rings (SSSR count). The average Bonchev–Trinajstić information content (AvgIpc) is 2.54. The molecule has 0 unspecified atom stereocenters. The molecule has 1 amide bonds. The second kappa shape index (κ2) is 7.17. The molecule has 0 bridgehead atoms. The summed E-state index contributed by atoms with van der Waals surface area (Å²) < 4.78 is 4.62. The van der Waals surface area contributed by atoms with E-state index in [1.807, 2.05) is 0 Å². The van der Waals surface area contributed by atoms with Crippen molar-refractivity contribution in [3.05, 3.63) is 59.7 Å². The number of esters is 1. The van der Waals surface area contributed by atoms with Gasteiger partial charge in [-0.3, -0.25) is 4.79 Å². The van der Waals surface area contributed by atoms with E-state index in [1.54, 1.807) is 36.6 Å². The summed E-state index contributed by atoms with van der Waals surface area (Å²) in [4.78, 5) is 26.4. The largest absolute Gasteiger partial charge is 0.464 e. The van der Waals surface area contributed by atoms with Gasteiger partial charge in [0.15, 0.2) is 0 Å². The molecule has 0 aromatic carbocycles. The summed E-state index contributed by atoms with van der Waals surface area (Å²) in [6, 6.07) is 3.23. The van der Waals surface area contributed by atoms with Crippen LogP contribution in [0.3, 0.4) is 0 Å². The van der Waals surface area contributed by atoms with Crippen molar-refractivity contribution >= 4 is 23.3 Å². The van der Waals surface area contributed by atoms with Crippen LogP contribution in [0, 0.1) is 5.41 Å². The Morgan fingerprint density at radius 1 is 1.35 bits per heavy atom. The third kappa shape index (κ3) is 4.37. The van der Waals surface area contributed by atoms with Gasteiger partial charge in [-0.25, -0.2) is 9.78 Å². The molecule has 1 aromatic heterocycles. The second-order valence-electron chi connectivity index (χ2n) is 4.69. The number of ether oxygens (including phenoxy) is 1. The van der Waals surface area contributed by atoms with Gasteiger partial charge in [-0.15, -0.1) is 0 Å². The van der Waals surface area contributed by atoms with E-state index < -0.39 is 5.97 Å². The molecule has 1 aliphatic rings. The van der Waals surface area contributed by atoms with E-state index >= 15 is 0 Å². The Labute approximate surface area is 133 Å². The zero-order valence-electron chi connectivity index (χ0n) is 12.7. The number of hydrogen-bond donors (Lipinski definition) is 3. The molecule has 0 saturated carbocycles. The lowest BCUT2D eigenvalue weighted by molar-refractivity contribution is -0.118. The third-order valence-electron chi connectivity index (χ3n) is 2.92. The smallest absolute Gasteiger partial charge is 0.356 e. The topological polar surface area (TPSA) is 104 Å². The molecule has 1 aromatic rings. The SMILES string of the molecule is COC(=O)c1cc(N/C=C2/C=C(NC(C)=O)C=CC2=N)ccn1. The van der Waals surface area contributed by atoms with Crippen molar-refractivity contribution in [1.82, 2.24) is 10.3 Å². The van der Waals surface area contributed by atoms with E-state index in [4.69, 9.17) is 5.41 Å². The zero-order valence-corrected chi connectivity index (χ0v) is 12.7. The van der Waals surface area contributed by atoms with Crippen LogP contribution in [0.5, 0.6) is 0 Å². The van der Waals surface area contributed by atoms with E-state index in [0.717, 1.165) is 0 Å². The molecule has 7 nitrogen and oxygen atoms in total. The van der Waals surface area contributed by atoms with Crippen LogP contribution < -0.4 is 10.6 Å². The van der Waals surface area contributed by atoms with Gasteiger partial charge in [0.05, 0.1) is 12.8 Å². The van der Waals surface area contributed by atoms with Gasteiger partial charge in [-0.05, 0) is 30.4 Å². The van der Waals surface area contributed by atoms with Gasteiger partial charge in [0, 0.05) is 36.3 Å². The number of pyridine rings is 1. The number of nitrogens with zero attached hydrogens (tertiary/aromatic N) is 1.